The molecule has 1 saturated heterocycles. The molecule has 3 fully saturated rings. The lowest BCUT2D eigenvalue weighted by molar-refractivity contribution is -0.137. The summed E-state index contributed by atoms with van der Waals surface area (Å²) in [6, 6.07) is 12.5. The van der Waals surface area contributed by atoms with Gasteiger partial charge in [0.05, 0.1) is 23.1 Å². The van der Waals surface area contributed by atoms with Gasteiger partial charge in [0.25, 0.3) is 15.9 Å². The molecule has 3 aliphatic heterocycles. The number of ether oxygens (including phenoxy) is 2. The molecule has 2 unspecified atom stereocenters. The smallest absolute Gasteiger partial charge is 0.410 e. The first-order valence-corrected chi connectivity index (χ1v) is 20.4. The molecule has 2 aromatic rings. The summed E-state index contributed by atoms with van der Waals surface area (Å²) < 4.78 is 40.4. The average Bonchev–Trinajstić information content (AvgIpc) is 3.78. The minimum atomic E-state index is -4.38. The van der Waals surface area contributed by atoms with Gasteiger partial charge in [-0.05, 0) is 81.8 Å². The molecular weight excluding hydrogens is 741 g/mol. The second kappa shape index (κ2) is 14.7. The molecule has 0 aromatic heterocycles. The summed E-state index contributed by atoms with van der Waals surface area (Å²) in [5.41, 5.74) is -1.66. The van der Waals surface area contributed by atoms with Crippen molar-refractivity contribution in [3.63, 3.8) is 0 Å². The maximum atomic E-state index is 14.6. The van der Waals surface area contributed by atoms with Gasteiger partial charge in [0.15, 0.2) is 5.78 Å². The molecule has 15 nitrogen and oxygen atoms in total. The van der Waals surface area contributed by atoms with Gasteiger partial charge in [-0.2, -0.15) is 5.26 Å². The molecule has 2 saturated carbocycles. The lowest BCUT2D eigenvalue weighted by Gasteiger charge is -2.30. The van der Waals surface area contributed by atoms with Crippen LogP contribution < -0.4 is 15.4 Å². The number of hydrogen-bond donors (Lipinski definition) is 3. The summed E-state index contributed by atoms with van der Waals surface area (Å²) in [5.74, 6) is -2.31. The number of benzene rings is 2. The Hall–Kier alpha value is -5.27. The molecule has 3 heterocycles. The van der Waals surface area contributed by atoms with Crippen LogP contribution in [-0.2, 0) is 47.0 Å². The van der Waals surface area contributed by atoms with Crippen LogP contribution in [0, 0.1) is 17.2 Å². The second-order valence-electron chi connectivity index (χ2n) is 16.3. The topological polar surface area (TPSA) is 204 Å². The Labute approximate surface area is 325 Å². The highest BCUT2D eigenvalue weighted by Gasteiger charge is 2.77. The summed E-state index contributed by atoms with van der Waals surface area (Å²) in [5, 5.41) is 15.1. The zero-order valence-electron chi connectivity index (χ0n) is 31.6. The van der Waals surface area contributed by atoms with E-state index in [1.165, 1.54) is 29.2 Å². The number of Topliss-reactive ketones (excluding diaryl/α,β-unsaturated/α-hetero) is 1. The van der Waals surface area contributed by atoms with Crippen LogP contribution in [0.5, 0.6) is 0 Å². The van der Waals surface area contributed by atoms with E-state index in [1.54, 1.807) is 25.7 Å². The molecule has 16 heteroatoms. The van der Waals surface area contributed by atoms with Crippen molar-refractivity contribution < 1.29 is 41.9 Å². The Morgan fingerprint density at radius 1 is 0.982 bits per heavy atom. The molecule has 0 bridgehead atoms. The molecule has 2 aliphatic carbocycles. The minimum Gasteiger partial charge on any atom is -0.444 e. The SMILES string of the molecule is CC(C)(C)OC(=O)N[C@H]1CCCCC/C=C\[C@@H]2C[C@@]2(C(=O)NS(=O)(=O)c2ccc(C#N)cc2)NC2C(=O)C23C[C@@H](OC(=O)N2Cc4ccccc4C2)CN3C1=O. The molecular formula is C40H46N6O9S. The van der Waals surface area contributed by atoms with Crippen LogP contribution in [0.25, 0.3) is 0 Å². The number of alkyl carbamates (subject to hydrolysis) is 1. The molecule has 296 valence electrons. The molecule has 6 atom stereocenters. The molecule has 4 amide bonds. The van der Waals surface area contributed by atoms with Crippen LogP contribution >= 0.6 is 0 Å². The molecule has 5 aliphatic rings. The van der Waals surface area contributed by atoms with Gasteiger partial charge in [-0.1, -0.05) is 49.3 Å². The molecule has 1 spiro atoms. The van der Waals surface area contributed by atoms with Crippen molar-refractivity contribution in [3.8, 4) is 6.07 Å². The number of fused-ring (bicyclic) bond motifs is 2. The minimum absolute atomic E-state index is 0.0668. The summed E-state index contributed by atoms with van der Waals surface area (Å²) in [6.45, 7) is 5.67. The fourth-order valence-electron chi connectivity index (χ4n) is 8.16. The molecule has 2 aromatic carbocycles. The number of sulfonamides is 1. The number of allylic oxidation sites excluding steroid dienone is 1. The maximum Gasteiger partial charge on any atom is 0.410 e. The Balaban J connectivity index is 1.17. The summed E-state index contributed by atoms with van der Waals surface area (Å²) in [4.78, 5) is 72.1. The number of ketones is 1. The second-order valence-corrected chi connectivity index (χ2v) is 17.9. The van der Waals surface area contributed by atoms with Crippen molar-refractivity contribution in [3.05, 3.63) is 77.4 Å². The van der Waals surface area contributed by atoms with Gasteiger partial charge in [-0.15, -0.1) is 0 Å². The Kier molecular flexibility index (Phi) is 10.2. The highest BCUT2D eigenvalue weighted by Crippen LogP contribution is 2.53. The third-order valence-electron chi connectivity index (χ3n) is 11.2. The van der Waals surface area contributed by atoms with E-state index in [0.717, 1.165) is 17.5 Å². The zero-order valence-corrected chi connectivity index (χ0v) is 32.4. The largest absolute Gasteiger partial charge is 0.444 e. The van der Waals surface area contributed by atoms with Gasteiger partial charge in [0, 0.05) is 25.4 Å². The zero-order chi connectivity index (χ0) is 40.0. The van der Waals surface area contributed by atoms with Crippen LogP contribution in [0.3, 0.4) is 0 Å². The lowest BCUT2D eigenvalue weighted by Crippen LogP contribution is -2.56. The number of nitrogens with one attached hydrogen (secondary N) is 3. The highest BCUT2D eigenvalue weighted by atomic mass is 32.2. The van der Waals surface area contributed by atoms with Crippen molar-refractivity contribution in [2.24, 2.45) is 5.92 Å². The average molecular weight is 787 g/mol. The van der Waals surface area contributed by atoms with Gasteiger partial charge in [-0.3, -0.25) is 24.6 Å². The summed E-state index contributed by atoms with van der Waals surface area (Å²) in [6.07, 6.45) is 4.56. The molecule has 3 N–H and O–H groups in total. The monoisotopic (exact) mass is 786 g/mol. The maximum absolute atomic E-state index is 14.6. The van der Waals surface area contributed by atoms with E-state index in [4.69, 9.17) is 14.7 Å². The summed E-state index contributed by atoms with van der Waals surface area (Å²) in [7, 11) is -4.38. The third kappa shape index (κ3) is 7.62. The van der Waals surface area contributed by atoms with Gasteiger partial charge in [0.1, 0.15) is 34.9 Å². The van der Waals surface area contributed by atoms with Crippen LogP contribution in [-0.4, -0.2) is 89.4 Å². The van der Waals surface area contributed by atoms with Crippen LogP contribution in [0.2, 0.25) is 0 Å². The first-order valence-electron chi connectivity index (χ1n) is 19.0. The standard InChI is InChI=1S/C40H46N6O9S/c1-38(2,3)55-36(50)42-31-14-8-6-4-5-7-13-28-19-39(28,35(49)44-56(52,53)30-17-15-25(21-41)16-18-30)43-32-33(47)40(32)20-29(24-46(40)34(31)48)54-37(51)45-22-26-11-9-10-12-27(26)23-45/h7,9-13,15-18,28-29,31-32,43H,4-6,8,14,19-20,22-24H2,1-3H3,(H,42,50)(H,44,49)/b13-7-/t28-,29-,31+,32?,39-,40?/m1/s1. The van der Waals surface area contributed by atoms with E-state index in [0.29, 0.717) is 32.4 Å². The fourth-order valence-corrected chi connectivity index (χ4v) is 9.19. The van der Waals surface area contributed by atoms with Crippen molar-refractivity contribution in [2.45, 2.75) is 119 Å². The van der Waals surface area contributed by atoms with Crippen molar-refractivity contribution in [2.75, 3.05) is 6.54 Å². The molecule has 56 heavy (non-hydrogen) atoms. The van der Waals surface area contributed by atoms with Crippen LogP contribution in [0.4, 0.5) is 9.59 Å². The van der Waals surface area contributed by atoms with E-state index in [1.807, 2.05) is 42.5 Å². The Bertz CT molecular complexity index is 2100. The van der Waals surface area contributed by atoms with Gasteiger partial charge in [-0.25, -0.2) is 22.7 Å². The molecule has 7 rings (SSSR count). The van der Waals surface area contributed by atoms with E-state index in [2.05, 4.69) is 15.4 Å². The Morgan fingerprint density at radius 3 is 2.34 bits per heavy atom. The highest BCUT2D eigenvalue weighted by molar-refractivity contribution is 7.90. The normalized spacial score (nSPS) is 29.2. The first kappa shape index (κ1) is 39.0. The number of nitrogens with zero attached hydrogens (tertiary/aromatic N) is 3. The van der Waals surface area contributed by atoms with Gasteiger partial charge >= 0.3 is 12.2 Å². The van der Waals surface area contributed by atoms with E-state index in [9.17, 15) is 32.4 Å². The van der Waals surface area contributed by atoms with E-state index >= 15 is 0 Å². The van der Waals surface area contributed by atoms with Crippen molar-refractivity contribution in [1.82, 2.24) is 25.2 Å². The quantitative estimate of drug-likeness (QED) is 0.374. The van der Waals surface area contributed by atoms with E-state index < -0.39 is 80.6 Å². The number of carbonyl (C=O) groups excluding carboxylic acids is 5. The van der Waals surface area contributed by atoms with Crippen molar-refractivity contribution >= 4 is 39.8 Å². The van der Waals surface area contributed by atoms with Crippen LogP contribution in [0.15, 0.2) is 65.6 Å². The van der Waals surface area contributed by atoms with Crippen LogP contribution in [0.1, 0.15) is 82.4 Å². The van der Waals surface area contributed by atoms with Crippen molar-refractivity contribution in [1.29, 1.82) is 5.26 Å². The van der Waals surface area contributed by atoms with Gasteiger partial charge < -0.3 is 19.7 Å². The fraction of sp³-hybridized carbons (Fsp3) is 0.500. The predicted molar refractivity (Wildman–Crippen MR) is 200 cm³/mol. The third-order valence-corrected chi connectivity index (χ3v) is 12.5. The summed E-state index contributed by atoms with van der Waals surface area (Å²) >= 11 is 0. The number of nitriles is 1. The Morgan fingerprint density at radius 2 is 1.68 bits per heavy atom. The number of amides is 4. The lowest BCUT2D eigenvalue weighted by atomic mass is 10.0. The predicted octanol–water partition coefficient (Wildman–Crippen LogP) is 3.57. The number of hydrogen-bond acceptors (Lipinski definition) is 11. The molecule has 0 radical (unpaired) electrons. The number of carbonyl (C=O) groups is 5. The van der Waals surface area contributed by atoms with Gasteiger partial charge in [0.2, 0.25) is 5.91 Å². The number of rotatable bonds is 5. The van der Waals surface area contributed by atoms with E-state index in [-0.39, 0.29) is 36.3 Å². The first-order chi connectivity index (χ1) is 26.6.